The molecule has 1 fully saturated rings. The van der Waals surface area contributed by atoms with Gasteiger partial charge in [-0.05, 0) is 45.3 Å². The van der Waals surface area contributed by atoms with E-state index in [1.165, 1.54) is 32.4 Å². The average molecular weight is 154 g/mol. The van der Waals surface area contributed by atoms with Crippen LogP contribution in [0.5, 0.6) is 0 Å². The van der Waals surface area contributed by atoms with Crippen molar-refractivity contribution in [1.29, 1.82) is 0 Å². The van der Waals surface area contributed by atoms with Gasteiger partial charge in [0.05, 0.1) is 0 Å². The predicted molar refractivity (Wildman–Crippen MR) is 49.3 cm³/mol. The molecule has 0 radical (unpaired) electrons. The summed E-state index contributed by atoms with van der Waals surface area (Å²) >= 11 is 0. The Bertz CT molecular complexity index is 132. The summed E-state index contributed by atoms with van der Waals surface area (Å²) in [5.74, 6) is 0.741. The lowest BCUT2D eigenvalue weighted by molar-refractivity contribution is 0.347. The highest BCUT2D eigenvalue weighted by Crippen LogP contribution is 2.14. The Kier molecular flexibility index (Phi) is 3.57. The summed E-state index contributed by atoms with van der Waals surface area (Å²) in [6.45, 7) is 2.49. The summed E-state index contributed by atoms with van der Waals surface area (Å²) in [5, 5.41) is 0. The zero-order chi connectivity index (χ0) is 8.10. The molecule has 1 atom stereocenters. The molecule has 11 heavy (non-hydrogen) atoms. The maximum Gasteiger partial charge on any atom is 0.0273 e. The third-order valence-corrected chi connectivity index (χ3v) is 2.36. The molecule has 0 aromatic carbocycles. The quantitative estimate of drug-likeness (QED) is 0.521. The van der Waals surface area contributed by atoms with Crippen molar-refractivity contribution in [3.8, 4) is 0 Å². The lowest BCUT2D eigenvalue weighted by Crippen LogP contribution is -2.18. The van der Waals surface area contributed by atoms with E-state index in [9.17, 15) is 0 Å². The number of aliphatic imine (C=N–C) groups is 1. The highest BCUT2D eigenvalue weighted by atomic mass is 15.1. The van der Waals surface area contributed by atoms with Crippen LogP contribution >= 0.6 is 0 Å². The molecule has 1 unspecified atom stereocenters. The molecule has 0 N–H and O–H groups in total. The molecule has 0 aromatic heterocycles. The van der Waals surface area contributed by atoms with Crippen molar-refractivity contribution < 1.29 is 0 Å². The van der Waals surface area contributed by atoms with Crippen LogP contribution in [0.4, 0.5) is 0 Å². The number of hydrogen-bond donors (Lipinski definition) is 0. The molecule has 64 valence electrons. The normalized spacial score (nSPS) is 29.1. The molecule has 0 aromatic rings. The van der Waals surface area contributed by atoms with Crippen molar-refractivity contribution in [1.82, 2.24) is 4.90 Å². The number of rotatable bonds is 1. The van der Waals surface area contributed by atoms with Gasteiger partial charge >= 0.3 is 0 Å². The van der Waals surface area contributed by atoms with Gasteiger partial charge in [-0.1, -0.05) is 0 Å². The second-order valence-corrected chi connectivity index (χ2v) is 3.40. The van der Waals surface area contributed by atoms with E-state index in [0.717, 1.165) is 5.92 Å². The molecule has 0 saturated carbocycles. The fourth-order valence-corrected chi connectivity index (χ4v) is 1.63. The zero-order valence-corrected chi connectivity index (χ0v) is 7.58. The number of hydrogen-bond acceptors (Lipinski definition) is 2. The Labute approximate surface area is 69.3 Å². The van der Waals surface area contributed by atoms with Gasteiger partial charge in [0, 0.05) is 13.3 Å². The average Bonchev–Trinajstić information content (AvgIpc) is 2.17. The van der Waals surface area contributed by atoms with E-state index in [1.54, 1.807) is 0 Å². The van der Waals surface area contributed by atoms with E-state index in [-0.39, 0.29) is 0 Å². The monoisotopic (exact) mass is 154 g/mol. The highest BCUT2D eigenvalue weighted by Gasteiger charge is 2.11. The Hall–Kier alpha value is -0.370. The van der Waals surface area contributed by atoms with E-state index >= 15 is 0 Å². The zero-order valence-electron chi connectivity index (χ0n) is 7.58. The van der Waals surface area contributed by atoms with Gasteiger partial charge in [0.25, 0.3) is 0 Å². The minimum Gasteiger partial charge on any atom is -0.306 e. The minimum atomic E-state index is 0.741. The first kappa shape index (κ1) is 8.72. The second-order valence-electron chi connectivity index (χ2n) is 3.40. The molecule has 0 bridgehead atoms. The van der Waals surface area contributed by atoms with E-state index in [4.69, 9.17) is 0 Å². The Morgan fingerprint density at radius 2 is 2.18 bits per heavy atom. The first-order chi connectivity index (χ1) is 5.33. The molecule has 1 aliphatic heterocycles. The van der Waals surface area contributed by atoms with Crippen LogP contribution in [0.1, 0.15) is 19.3 Å². The van der Waals surface area contributed by atoms with Gasteiger partial charge < -0.3 is 9.89 Å². The van der Waals surface area contributed by atoms with Gasteiger partial charge in [0.15, 0.2) is 0 Å². The third-order valence-electron chi connectivity index (χ3n) is 2.36. The van der Waals surface area contributed by atoms with Gasteiger partial charge in [-0.25, -0.2) is 0 Å². The minimum absolute atomic E-state index is 0.741. The van der Waals surface area contributed by atoms with E-state index < -0.39 is 0 Å². The summed E-state index contributed by atoms with van der Waals surface area (Å²) in [6, 6.07) is 0. The summed E-state index contributed by atoms with van der Waals surface area (Å²) in [7, 11) is 4.07. The van der Waals surface area contributed by atoms with Crippen molar-refractivity contribution in [2.45, 2.75) is 19.3 Å². The van der Waals surface area contributed by atoms with Gasteiger partial charge in [-0.3, -0.25) is 0 Å². The summed E-state index contributed by atoms with van der Waals surface area (Å²) < 4.78 is 0. The lowest BCUT2D eigenvalue weighted by atomic mass is 10.0. The first-order valence-electron chi connectivity index (χ1n) is 4.43. The van der Waals surface area contributed by atoms with E-state index in [1.807, 2.05) is 7.05 Å². The lowest BCUT2D eigenvalue weighted by Gasteiger charge is -2.11. The molecule has 1 saturated heterocycles. The van der Waals surface area contributed by atoms with Crippen LogP contribution in [0.2, 0.25) is 0 Å². The Balaban J connectivity index is 2.33. The highest BCUT2D eigenvalue weighted by molar-refractivity contribution is 5.60. The summed E-state index contributed by atoms with van der Waals surface area (Å²) in [6.07, 6.45) is 6.04. The molecule has 2 nitrogen and oxygen atoms in total. The van der Waals surface area contributed by atoms with Gasteiger partial charge in [0.2, 0.25) is 0 Å². The molecule has 2 heteroatoms. The topological polar surface area (TPSA) is 15.6 Å². The van der Waals surface area contributed by atoms with Crippen molar-refractivity contribution >= 4 is 6.21 Å². The largest absolute Gasteiger partial charge is 0.306 e. The number of nitrogens with zero attached hydrogens (tertiary/aromatic N) is 2. The van der Waals surface area contributed by atoms with Crippen LogP contribution in [0.3, 0.4) is 0 Å². The predicted octanol–water partition coefficient (Wildman–Crippen LogP) is 1.42. The molecule has 1 heterocycles. The standard InChI is InChI=1S/C9H18N2/c1-10-8-9-4-3-6-11(2)7-5-9/h8-9H,3-7H2,1-2H3. The first-order valence-corrected chi connectivity index (χ1v) is 4.43. The van der Waals surface area contributed by atoms with Crippen LogP contribution in [0, 0.1) is 5.92 Å². The van der Waals surface area contributed by atoms with Crippen LogP contribution in [-0.4, -0.2) is 38.3 Å². The molecule has 1 rings (SSSR count). The van der Waals surface area contributed by atoms with Crippen molar-refractivity contribution in [3.63, 3.8) is 0 Å². The van der Waals surface area contributed by atoms with Crippen LogP contribution < -0.4 is 0 Å². The molecule has 0 aliphatic carbocycles. The van der Waals surface area contributed by atoms with Gasteiger partial charge in [-0.2, -0.15) is 0 Å². The maximum absolute atomic E-state index is 4.08. The fourth-order valence-electron chi connectivity index (χ4n) is 1.63. The molecular weight excluding hydrogens is 136 g/mol. The SMILES string of the molecule is CN=CC1CCCN(C)CC1. The van der Waals surface area contributed by atoms with Crippen molar-refractivity contribution in [2.75, 3.05) is 27.2 Å². The molecule has 0 amide bonds. The summed E-state index contributed by atoms with van der Waals surface area (Å²) in [5.41, 5.74) is 0. The van der Waals surface area contributed by atoms with E-state index in [2.05, 4.69) is 23.2 Å². The molecule has 0 spiro atoms. The number of likely N-dealkylation sites (tertiary alicyclic amines) is 1. The molecule has 1 aliphatic rings. The second kappa shape index (κ2) is 4.50. The van der Waals surface area contributed by atoms with Crippen LogP contribution in [-0.2, 0) is 0 Å². The van der Waals surface area contributed by atoms with Crippen LogP contribution in [0.25, 0.3) is 0 Å². The smallest absolute Gasteiger partial charge is 0.0273 e. The van der Waals surface area contributed by atoms with Crippen molar-refractivity contribution in [2.24, 2.45) is 10.9 Å². The Morgan fingerprint density at radius 1 is 1.36 bits per heavy atom. The maximum atomic E-state index is 4.08. The van der Waals surface area contributed by atoms with Gasteiger partial charge in [0.1, 0.15) is 0 Å². The van der Waals surface area contributed by atoms with E-state index in [0.29, 0.717) is 0 Å². The third kappa shape index (κ3) is 3.02. The Morgan fingerprint density at radius 3 is 2.91 bits per heavy atom. The van der Waals surface area contributed by atoms with Crippen LogP contribution in [0.15, 0.2) is 4.99 Å². The van der Waals surface area contributed by atoms with Crippen molar-refractivity contribution in [3.05, 3.63) is 0 Å². The molecular formula is C9H18N2. The van der Waals surface area contributed by atoms with Gasteiger partial charge in [-0.15, -0.1) is 0 Å². The summed E-state index contributed by atoms with van der Waals surface area (Å²) in [4.78, 5) is 6.49. The fraction of sp³-hybridized carbons (Fsp3) is 0.889.